The van der Waals surface area contributed by atoms with Crippen LogP contribution in [0.3, 0.4) is 0 Å². The Morgan fingerprint density at radius 3 is 3.12 bits per heavy atom. The number of unbranched alkanes of at least 4 members (excludes halogenated alkanes) is 1. The largest absolute Gasteiger partial charge is 0.508 e. The first-order valence-corrected chi connectivity index (χ1v) is 6.36. The van der Waals surface area contributed by atoms with Crippen molar-refractivity contribution < 1.29 is 9.84 Å². The molecule has 1 aliphatic rings. The average Bonchev–Trinajstić information content (AvgIpc) is 2.74. The van der Waals surface area contributed by atoms with Gasteiger partial charge >= 0.3 is 0 Å². The van der Waals surface area contributed by atoms with Crippen LogP contribution in [-0.4, -0.2) is 25.4 Å². The molecule has 0 aliphatic heterocycles. The maximum absolute atomic E-state index is 9.75. The van der Waals surface area contributed by atoms with Crippen molar-refractivity contribution in [3.05, 3.63) is 29.3 Å². The predicted molar refractivity (Wildman–Crippen MR) is 68.3 cm³/mol. The van der Waals surface area contributed by atoms with Gasteiger partial charge in [-0.2, -0.15) is 0 Å². The third-order valence-corrected chi connectivity index (χ3v) is 3.41. The van der Waals surface area contributed by atoms with Gasteiger partial charge in [-0.1, -0.05) is 12.1 Å². The van der Waals surface area contributed by atoms with E-state index in [-0.39, 0.29) is 0 Å². The zero-order valence-electron chi connectivity index (χ0n) is 10.4. The molecule has 3 heteroatoms. The fourth-order valence-electron chi connectivity index (χ4n) is 2.49. The molecule has 0 saturated carbocycles. The van der Waals surface area contributed by atoms with E-state index in [1.807, 2.05) is 6.07 Å². The first-order chi connectivity index (χ1) is 8.33. The third kappa shape index (κ3) is 2.99. The summed E-state index contributed by atoms with van der Waals surface area (Å²) in [7, 11) is 1.74. The molecule has 1 aromatic carbocycles. The normalized spacial score (nSPS) is 18.3. The number of aromatic hydroxyl groups is 1. The Kier molecular flexibility index (Phi) is 4.40. The molecule has 1 unspecified atom stereocenters. The van der Waals surface area contributed by atoms with Crippen LogP contribution < -0.4 is 5.32 Å². The van der Waals surface area contributed by atoms with E-state index in [4.69, 9.17) is 4.74 Å². The van der Waals surface area contributed by atoms with Gasteiger partial charge in [0, 0.05) is 19.8 Å². The van der Waals surface area contributed by atoms with Gasteiger partial charge in [0.25, 0.3) is 0 Å². The van der Waals surface area contributed by atoms with E-state index < -0.39 is 0 Å². The second-order valence-corrected chi connectivity index (χ2v) is 4.59. The Morgan fingerprint density at radius 2 is 2.29 bits per heavy atom. The summed E-state index contributed by atoms with van der Waals surface area (Å²) < 4.78 is 5.03. The van der Waals surface area contributed by atoms with Crippen molar-refractivity contribution in [2.45, 2.75) is 31.7 Å². The van der Waals surface area contributed by atoms with Gasteiger partial charge in [-0.05, 0) is 49.4 Å². The van der Waals surface area contributed by atoms with Crippen molar-refractivity contribution in [2.24, 2.45) is 0 Å². The lowest BCUT2D eigenvalue weighted by atomic mass is 10.1. The molecule has 1 atom stereocenters. The minimum atomic E-state index is 0.416. The molecule has 0 fully saturated rings. The third-order valence-electron chi connectivity index (χ3n) is 3.41. The number of ether oxygens (including phenoxy) is 1. The zero-order valence-corrected chi connectivity index (χ0v) is 10.4. The first kappa shape index (κ1) is 12.4. The van der Waals surface area contributed by atoms with Crippen molar-refractivity contribution in [1.82, 2.24) is 5.32 Å². The van der Waals surface area contributed by atoms with Crippen LogP contribution in [0.25, 0.3) is 0 Å². The fraction of sp³-hybridized carbons (Fsp3) is 0.571. The van der Waals surface area contributed by atoms with Crippen LogP contribution >= 0.6 is 0 Å². The van der Waals surface area contributed by atoms with E-state index in [0.29, 0.717) is 11.8 Å². The average molecular weight is 235 g/mol. The molecule has 2 N–H and O–H groups in total. The molecule has 17 heavy (non-hydrogen) atoms. The number of phenolic OH excluding ortho intramolecular Hbond substituents is 1. The van der Waals surface area contributed by atoms with E-state index in [9.17, 15) is 5.11 Å². The predicted octanol–water partition coefficient (Wildman–Crippen LogP) is 2.40. The topological polar surface area (TPSA) is 41.5 Å². The fourth-order valence-corrected chi connectivity index (χ4v) is 2.49. The standard InChI is InChI=1S/C14H21NO2/c1-17-10-3-2-9-15-13-8-7-12-11(13)5-4-6-14(12)16/h4-6,13,15-16H,2-3,7-10H2,1H3. The smallest absolute Gasteiger partial charge is 0.119 e. The molecular formula is C14H21NO2. The summed E-state index contributed by atoms with van der Waals surface area (Å²) in [5, 5.41) is 13.3. The molecule has 0 heterocycles. The molecular weight excluding hydrogens is 214 g/mol. The summed E-state index contributed by atoms with van der Waals surface area (Å²) in [5.41, 5.74) is 2.40. The van der Waals surface area contributed by atoms with E-state index in [2.05, 4.69) is 11.4 Å². The number of hydrogen-bond acceptors (Lipinski definition) is 3. The molecule has 94 valence electrons. The van der Waals surface area contributed by atoms with E-state index in [1.165, 1.54) is 5.56 Å². The summed E-state index contributed by atoms with van der Waals surface area (Å²) >= 11 is 0. The highest BCUT2D eigenvalue weighted by molar-refractivity contribution is 5.44. The van der Waals surface area contributed by atoms with Gasteiger partial charge in [-0.25, -0.2) is 0 Å². The van der Waals surface area contributed by atoms with E-state index in [0.717, 1.165) is 44.4 Å². The van der Waals surface area contributed by atoms with Crippen LogP contribution in [-0.2, 0) is 11.2 Å². The number of rotatable bonds is 6. The second-order valence-electron chi connectivity index (χ2n) is 4.59. The Bertz CT molecular complexity index is 365. The Balaban J connectivity index is 1.83. The Hall–Kier alpha value is -1.06. The highest BCUT2D eigenvalue weighted by Gasteiger charge is 2.23. The monoisotopic (exact) mass is 235 g/mol. The SMILES string of the molecule is COCCCCNC1CCc2c(O)cccc21. The van der Waals surface area contributed by atoms with Crippen molar-refractivity contribution in [3.63, 3.8) is 0 Å². The van der Waals surface area contributed by atoms with E-state index >= 15 is 0 Å². The lowest BCUT2D eigenvalue weighted by Crippen LogP contribution is -2.20. The van der Waals surface area contributed by atoms with Crippen molar-refractivity contribution in [3.8, 4) is 5.75 Å². The van der Waals surface area contributed by atoms with Gasteiger partial charge in [-0.3, -0.25) is 0 Å². The molecule has 0 bridgehead atoms. The zero-order chi connectivity index (χ0) is 12.1. The van der Waals surface area contributed by atoms with Gasteiger partial charge in [0.1, 0.15) is 5.75 Å². The molecule has 2 rings (SSSR count). The van der Waals surface area contributed by atoms with Gasteiger partial charge in [0.2, 0.25) is 0 Å². The van der Waals surface area contributed by atoms with Crippen LogP contribution in [0.15, 0.2) is 18.2 Å². The maximum Gasteiger partial charge on any atom is 0.119 e. The number of nitrogens with one attached hydrogen (secondary N) is 1. The van der Waals surface area contributed by atoms with Crippen molar-refractivity contribution in [1.29, 1.82) is 0 Å². The van der Waals surface area contributed by atoms with Crippen LogP contribution in [0, 0.1) is 0 Å². The number of benzene rings is 1. The first-order valence-electron chi connectivity index (χ1n) is 6.36. The summed E-state index contributed by atoms with van der Waals surface area (Å²) in [6, 6.07) is 6.24. The van der Waals surface area contributed by atoms with Crippen LogP contribution in [0.4, 0.5) is 0 Å². The molecule has 0 radical (unpaired) electrons. The minimum absolute atomic E-state index is 0.416. The number of fused-ring (bicyclic) bond motifs is 1. The quantitative estimate of drug-likeness (QED) is 0.744. The molecule has 1 aliphatic carbocycles. The van der Waals surface area contributed by atoms with Crippen LogP contribution in [0.2, 0.25) is 0 Å². The minimum Gasteiger partial charge on any atom is -0.508 e. The number of hydrogen-bond donors (Lipinski definition) is 2. The van der Waals surface area contributed by atoms with Crippen LogP contribution in [0.5, 0.6) is 5.75 Å². The second kappa shape index (κ2) is 6.03. The molecule has 0 aromatic heterocycles. The Labute approximate surface area is 103 Å². The van der Waals surface area contributed by atoms with E-state index in [1.54, 1.807) is 13.2 Å². The molecule has 0 amide bonds. The maximum atomic E-state index is 9.75. The molecule has 1 aromatic rings. The van der Waals surface area contributed by atoms with Gasteiger partial charge in [0.05, 0.1) is 0 Å². The molecule has 0 spiro atoms. The van der Waals surface area contributed by atoms with Crippen molar-refractivity contribution in [2.75, 3.05) is 20.3 Å². The highest BCUT2D eigenvalue weighted by atomic mass is 16.5. The van der Waals surface area contributed by atoms with Gasteiger partial charge < -0.3 is 15.2 Å². The summed E-state index contributed by atoms with van der Waals surface area (Å²) in [6.45, 7) is 1.85. The summed E-state index contributed by atoms with van der Waals surface area (Å²) in [5.74, 6) is 0.450. The highest BCUT2D eigenvalue weighted by Crippen LogP contribution is 2.36. The lowest BCUT2D eigenvalue weighted by Gasteiger charge is -2.14. The molecule has 3 nitrogen and oxygen atoms in total. The summed E-state index contributed by atoms with van der Waals surface area (Å²) in [4.78, 5) is 0. The lowest BCUT2D eigenvalue weighted by molar-refractivity contribution is 0.192. The summed E-state index contributed by atoms with van der Waals surface area (Å²) in [6.07, 6.45) is 4.32. The molecule has 0 saturated heterocycles. The Morgan fingerprint density at radius 1 is 1.41 bits per heavy atom. The number of phenols is 1. The van der Waals surface area contributed by atoms with Crippen molar-refractivity contribution >= 4 is 0 Å². The van der Waals surface area contributed by atoms with Gasteiger partial charge in [-0.15, -0.1) is 0 Å². The van der Waals surface area contributed by atoms with Crippen LogP contribution in [0.1, 0.15) is 36.4 Å². The number of methoxy groups -OCH3 is 1. The van der Waals surface area contributed by atoms with Gasteiger partial charge in [0.15, 0.2) is 0 Å².